The monoisotopic (exact) mass is 381 g/mol. The molecule has 2 N–H and O–H groups in total. The third-order valence-corrected chi connectivity index (χ3v) is 5.96. The number of ether oxygens (including phenoxy) is 1. The highest BCUT2D eigenvalue weighted by molar-refractivity contribution is 5.98. The van der Waals surface area contributed by atoms with Crippen LogP contribution in [0.15, 0.2) is 0 Å². The zero-order valence-electron chi connectivity index (χ0n) is 16.6. The number of nitrogens with zero attached hydrogens (tertiary/aromatic N) is 2. The lowest BCUT2D eigenvalue weighted by molar-refractivity contribution is -0.146. The van der Waals surface area contributed by atoms with E-state index in [-0.39, 0.29) is 48.4 Å². The highest BCUT2D eigenvalue weighted by Crippen LogP contribution is 2.32. The summed E-state index contributed by atoms with van der Waals surface area (Å²) in [6.45, 7) is 6.08. The first-order valence-corrected chi connectivity index (χ1v) is 9.67. The number of methoxy groups -OCH3 is 1. The average Bonchev–Trinajstić information content (AvgIpc) is 3.21. The summed E-state index contributed by atoms with van der Waals surface area (Å²) in [5.74, 6) is -1.23. The molecule has 0 spiro atoms. The summed E-state index contributed by atoms with van der Waals surface area (Å²) in [6, 6.07) is -0.871. The fourth-order valence-corrected chi connectivity index (χ4v) is 3.97. The molecule has 0 aromatic carbocycles. The van der Waals surface area contributed by atoms with Gasteiger partial charge in [0.2, 0.25) is 11.8 Å². The van der Waals surface area contributed by atoms with E-state index in [2.05, 4.69) is 0 Å². The molecule has 2 fully saturated rings. The van der Waals surface area contributed by atoms with Gasteiger partial charge in [-0.15, -0.1) is 0 Å². The molecule has 3 amide bonds. The highest BCUT2D eigenvalue weighted by Gasteiger charge is 2.52. The molecular formula is C19H31N3O5. The Bertz CT molecular complexity index is 608. The number of carbonyl (C=O) groups excluding carboxylic acids is 4. The Kier molecular flexibility index (Phi) is 6.97. The lowest BCUT2D eigenvalue weighted by atomic mass is 10.00. The maximum absolute atomic E-state index is 12.9. The molecule has 0 bridgehead atoms. The first-order valence-electron chi connectivity index (χ1n) is 9.67. The van der Waals surface area contributed by atoms with Crippen molar-refractivity contribution in [2.45, 2.75) is 64.6 Å². The largest absolute Gasteiger partial charge is 0.371 e. The molecule has 27 heavy (non-hydrogen) atoms. The standard InChI is InChI=1S/C19H31N3O5/c1-5-11(2)17(27-4)19(26)22-10-14(23)16-13(22)8-9-21(16)15(24)7-6-12(3)18(20)25/h11-13,16-17H,5-10H2,1-4H3,(H2,20,25). The Hall–Kier alpha value is -1.96. The number of amides is 3. The smallest absolute Gasteiger partial charge is 0.252 e. The van der Waals surface area contributed by atoms with Crippen LogP contribution in [-0.2, 0) is 23.9 Å². The van der Waals surface area contributed by atoms with Gasteiger partial charge >= 0.3 is 0 Å². The molecule has 2 aliphatic heterocycles. The summed E-state index contributed by atoms with van der Waals surface area (Å²) in [7, 11) is 1.51. The molecular weight excluding hydrogens is 350 g/mol. The molecule has 2 heterocycles. The molecule has 0 aromatic rings. The Labute approximate surface area is 160 Å². The quantitative estimate of drug-likeness (QED) is 0.651. The minimum absolute atomic E-state index is 0.0198. The Morgan fingerprint density at radius 2 is 1.93 bits per heavy atom. The molecule has 0 saturated carbocycles. The molecule has 8 heteroatoms. The van der Waals surface area contributed by atoms with Gasteiger partial charge in [-0.05, 0) is 18.8 Å². The second-order valence-electron chi connectivity index (χ2n) is 7.70. The van der Waals surface area contributed by atoms with Crippen LogP contribution in [0.3, 0.4) is 0 Å². The number of fused-ring (bicyclic) bond motifs is 1. The average molecular weight is 381 g/mol. The summed E-state index contributed by atoms with van der Waals surface area (Å²) >= 11 is 0. The number of rotatable bonds is 8. The van der Waals surface area contributed by atoms with Crippen molar-refractivity contribution >= 4 is 23.5 Å². The van der Waals surface area contributed by atoms with Gasteiger partial charge in [-0.25, -0.2) is 0 Å². The van der Waals surface area contributed by atoms with E-state index < -0.39 is 18.1 Å². The van der Waals surface area contributed by atoms with Gasteiger partial charge in [-0.2, -0.15) is 0 Å². The van der Waals surface area contributed by atoms with Crippen LogP contribution in [0.1, 0.15) is 46.5 Å². The van der Waals surface area contributed by atoms with Gasteiger partial charge in [-0.3, -0.25) is 19.2 Å². The van der Waals surface area contributed by atoms with E-state index in [1.165, 1.54) is 7.11 Å². The van der Waals surface area contributed by atoms with Crippen molar-refractivity contribution in [3.63, 3.8) is 0 Å². The Balaban J connectivity index is 2.06. The van der Waals surface area contributed by atoms with E-state index in [9.17, 15) is 19.2 Å². The summed E-state index contributed by atoms with van der Waals surface area (Å²) in [6.07, 6.45) is 1.32. The van der Waals surface area contributed by atoms with Crippen LogP contribution in [-0.4, -0.2) is 71.7 Å². The molecule has 2 aliphatic rings. The number of hydrogen-bond acceptors (Lipinski definition) is 5. The fourth-order valence-electron chi connectivity index (χ4n) is 3.97. The van der Waals surface area contributed by atoms with E-state index >= 15 is 0 Å². The third kappa shape index (κ3) is 4.31. The number of likely N-dealkylation sites (tertiary alicyclic amines) is 2. The van der Waals surface area contributed by atoms with Crippen molar-refractivity contribution in [3.05, 3.63) is 0 Å². The molecule has 152 valence electrons. The first kappa shape index (κ1) is 21.3. The van der Waals surface area contributed by atoms with Crippen molar-refractivity contribution in [2.24, 2.45) is 17.6 Å². The van der Waals surface area contributed by atoms with E-state index in [1.54, 1.807) is 16.7 Å². The Morgan fingerprint density at radius 1 is 1.26 bits per heavy atom. The van der Waals surface area contributed by atoms with Crippen molar-refractivity contribution < 1.29 is 23.9 Å². The van der Waals surface area contributed by atoms with Crippen molar-refractivity contribution in [3.8, 4) is 0 Å². The molecule has 2 rings (SSSR count). The van der Waals surface area contributed by atoms with E-state index in [4.69, 9.17) is 10.5 Å². The zero-order chi connectivity index (χ0) is 20.3. The van der Waals surface area contributed by atoms with Gasteiger partial charge in [0.05, 0.1) is 12.6 Å². The van der Waals surface area contributed by atoms with Gasteiger partial charge in [0.25, 0.3) is 5.91 Å². The van der Waals surface area contributed by atoms with Crippen molar-refractivity contribution in [1.82, 2.24) is 9.80 Å². The Morgan fingerprint density at radius 3 is 2.48 bits per heavy atom. The van der Waals surface area contributed by atoms with Gasteiger partial charge in [0, 0.05) is 26.0 Å². The molecule has 2 saturated heterocycles. The van der Waals surface area contributed by atoms with Crippen LogP contribution in [0.4, 0.5) is 0 Å². The second-order valence-corrected chi connectivity index (χ2v) is 7.70. The molecule has 5 atom stereocenters. The summed E-state index contributed by atoms with van der Waals surface area (Å²) in [4.78, 5) is 52.4. The minimum Gasteiger partial charge on any atom is -0.371 e. The van der Waals surface area contributed by atoms with Gasteiger partial charge in [0.15, 0.2) is 5.78 Å². The second kappa shape index (κ2) is 8.82. The SMILES string of the molecule is CCC(C)C(OC)C(=O)N1CC(=O)C2C1CCN2C(=O)CCC(C)C(N)=O. The van der Waals surface area contributed by atoms with Gasteiger partial charge < -0.3 is 20.3 Å². The highest BCUT2D eigenvalue weighted by atomic mass is 16.5. The number of hydrogen-bond donors (Lipinski definition) is 1. The first-order chi connectivity index (χ1) is 12.7. The summed E-state index contributed by atoms with van der Waals surface area (Å²) < 4.78 is 5.40. The minimum atomic E-state index is -0.584. The molecule has 8 nitrogen and oxygen atoms in total. The van der Waals surface area contributed by atoms with Crippen LogP contribution in [0.25, 0.3) is 0 Å². The van der Waals surface area contributed by atoms with Crippen LogP contribution in [0.5, 0.6) is 0 Å². The molecule has 5 unspecified atom stereocenters. The predicted octanol–water partition coefficient (Wildman–Crippen LogP) is 0.330. The fraction of sp³-hybridized carbons (Fsp3) is 0.789. The van der Waals surface area contributed by atoms with E-state index in [0.717, 1.165) is 6.42 Å². The number of carbonyl (C=O) groups is 4. The maximum Gasteiger partial charge on any atom is 0.252 e. The molecule has 0 radical (unpaired) electrons. The topological polar surface area (TPSA) is 110 Å². The third-order valence-electron chi connectivity index (χ3n) is 5.96. The van der Waals surface area contributed by atoms with Gasteiger partial charge in [0.1, 0.15) is 12.1 Å². The van der Waals surface area contributed by atoms with Crippen LogP contribution in [0.2, 0.25) is 0 Å². The molecule has 0 aliphatic carbocycles. The van der Waals surface area contributed by atoms with Crippen molar-refractivity contribution in [1.29, 1.82) is 0 Å². The summed E-state index contributed by atoms with van der Waals surface area (Å²) in [5, 5.41) is 0. The summed E-state index contributed by atoms with van der Waals surface area (Å²) in [5.41, 5.74) is 5.24. The van der Waals surface area contributed by atoms with Crippen LogP contribution in [0, 0.1) is 11.8 Å². The van der Waals surface area contributed by atoms with Gasteiger partial charge in [-0.1, -0.05) is 27.2 Å². The number of nitrogens with two attached hydrogens (primary N) is 1. The lowest BCUT2D eigenvalue weighted by Crippen LogP contribution is -2.47. The van der Waals surface area contributed by atoms with Crippen molar-refractivity contribution in [2.75, 3.05) is 20.2 Å². The van der Waals surface area contributed by atoms with Crippen LogP contribution < -0.4 is 5.73 Å². The van der Waals surface area contributed by atoms with Crippen LogP contribution >= 0.6 is 0 Å². The predicted molar refractivity (Wildman–Crippen MR) is 98.5 cm³/mol. The zero-order valence-corrected chi connectivity index (χ0v) is 16.6. The normalized spacial score (nSPS) is 25.3. The van der Waals surface area contributed by atoms with E-state index in [1.807, 2.05) is 13.8 Å². The lowest BCUT2D eigenvalue weighted by Gasteiger charge is -2.29. The maximum atomic E-state index is 12.9. The van der Waals surface area contributed by atoms with E-state index in [0.29, 0.717) is 19.4 Å². The molecule has 0 aromatic heterocycles. The number of ketones is 1. The number of Topliss-reactive ketones (excluding diaryl/α,β-unsaturated/α-hetero) is 1. The number of primary amides is 1.